The van der Waals surface area contributed by atoms with Crippen LogP contribution in [0.3, 0.4) is 0 Å². The van der Waals surface area contributed by atoms with E-state index in [1.165, 1.54) is 28.9 Å². The van der Waals surface area contributed by atoms with E-state index in [0.29, 0.717) is 35.5 Å². The SMILES string of the molecule is Cc1ccc(C)c(N2CCN(CCCNC(=O)CCc3nnc4n(Cc5ccc(F)cc5)c(=O)c5ccccc5n34)CC2)c1. The molecule has 1 N–H and O–H groups in total. The van der Waals surface area contributed by atoms with Gasteiger partial charge in [-0.25, -0.2) is 4.39 Å². The number of nitrogens with one attached hydrogen (secondary N) is 1. The molecule has 0 saturated carbocycles. The van der Waals surface area contributed by atoms with E-state index < -0.39 is 0 Å². The molecule has 0 unspecified atom stereocenters. The van der Waals surface area contributed by atoms with Gasteiger partial charge in [0.1, 0.15) is 11.6 Å². The number of fused-ring (bicyclic) bond motifs is 3. The Bertz CT molecular complexity index is 1840. The van der Waals surface area contributed by atoms with Crippen molar-refractivity contribution < 1.29 is 9.18 Å². The van der Waals surface area contributed by atoms with Crippen molar-refractivity contribution in [3.05, 3.63) is 105 Å². The summed E-state index contributed by atoms with van der Waals surface area (Å²) in [6, 6.07) is 20.0. The predicted octanol–water partition coefficient (Wildman–Crippen LogP) is 4.11. The highest BCUT2D eigenvalue weighted by molar-refractivity contribution is 5.80. The minimum absolute atomic E-state index is 0.0366. The van der Waals surface area contributed by atoms with E-state index in [0.717, 1.165) is 44.7 Å². The van der Waals surface area contributed by atoms with Crippen molar-refractivity contribution in [2.75, 3.05) is 44.2 Å². The highest BCUT2D eigenvalue weighted by atomic mass is 19.1. The Hall–Kier alpha value is -4.57. The van der Waals surface area contributed by atoms with Crippen molar-refractivity contribution in [1.29, 1.82) is 0 Å². The second-order valence-electron chi connectivity index (χ2n) is 11.6. The molecule has 3 aromatic carbocycles. The van der Waals surface area contributed by atoms with Crippen molar-refractivity contribution in [3.63, 3.8) is 0 Å². The molecular formula is C34H38FN7O2. The standard InChI is InChI=1S/C34H38FN7O2/c1-24-8-9-25(2)30(22-24)40-20-18-39(19-21-40)17-5-16-36-32(43)15-14-31-37-38-34-41(23-26-10-12-27(35)13-11-26)33(44)28-6-3-4-7-29(28)42(31)34/h3-4,6-13,22H,5,14-21,23H2,1-2H3,(H,36,43). The molecule has 9 nitrogen and oxygen atoms in total. The van der Waals surface area contributed by atoms with E-state index >= 15 is 0 Å². The van der Waals surface area contributed by atoms with Crippen LogP contribution in [0, 0.1) is 19.7 Å². The predicted molar refractivity (Wildman–Crippen MR) is 171 cm³/mol. The lowest BCUT2D eigenvalue weighted by atomic mass is 10.1. The Morgan fingerprint density at radius 3 is 2.52 bits per heavy atom. The first-order valence-corrected chi connectivity index (χ1v) is 15.3. The summed E-state index contributed by atoms with van der Waals surface area (Å²) < 4.78 is 16.9. The lowest BCUT2D eigenvalue weighted by Crippen LogP contribution is -2.47. The van der Waals surface area contributed by atoms with Gasteiger partial charge < -0.3 is 10.2 Å². The van der Waals surface area contributed by atoms with Gasteiger partial charge in [0.25, 0.3) is 5.56 Å². The zero-order valence-corrected chi connectivity index (χ0v) is 25.3. The largest absolute Gasteiger partial charge is 0.369 e. The number of hydrogen-bond donors (Lipinski definition) is 1. The summed E-state index contributed by atoms with van der Waals surface area (Å²) in [5.74, 6) is 0.636. The zero-order chi connectivity index (χ0) is 30.6. The Morgan fingerprint density at radius 2 is 1.73 bits per heavy atom. The van der Waals surface area contributed by atoms with Crippen LogP contribution < -0.4 is 15.8 Å². The summed E-state index contributed by atoms with van der Waals surface area (Å²) >= 11 is 0. The van der Waals surface area contributed by atoms with E-state index in [4.69, 9.17) is 0 Å². The molecule has 1 aliphatic rings. The molecule has 0 atom stereocenters. The van der Waals surface area contributed by atoms with Crippen LogP contribution in [-0.2, 0) is 17.8 Å². The van der Waals surface area contributed by atoms with Gasteiger partial charge in [-0.2, -0.15) is 0 Å². The van der Waals surface area contributed by atoms with E-state index in [1.807, 2.05) is 22.6 Å². The maximum atomic E-state index is 13.5. The van der Waals surface area contributed by atoms with Crippen molar-refractivity contribution in [2.24, 2.45) is 0 Å². The lowest BCUT2D eigenvalue weighted by Gasteiger charge is -2.37. The molecule has 228 valence electrons. The van der Waals surface area contributed by atoms with Crippen molar-refractivity contribution in [2.45, 2.75) is 39.7 Å². The third-order valence-electron chi connectivity index (χ3n) is 8.46. The number of aromatic nitrogens is 4. The monoisotopic (exact) mass is 595 g/mol. The normalized spacial score (nSPS) is 14.0. The molecule has 0 radical (unpaired) electrons. The van der Waals surface area contributed by atoms with E-state index in [1.54, 1.807) is 22.8 Å². The minimum Gasteiger partial charge on any atom is -0.369 e. The Morgan fingerprint density at radius 1 is 0.955 bits per heavy atom. The first-order valence-electron chi connectivity index (χ1n) is 15.3. The van der Waals surface area contributed by atoms with Gasteiger partial charge in [0.15, 0.2) is 0 Å². The maximum absolute atomic E-state index is 13.5. The molecule has 44 heavy (non-hydrogen) atoms. The average molecular weight is 596 g/mol. The van der Waals surface area contributed by atoms with Gasteiger partial charge >= 0.3 is 0 Å². The van der Waals surface area contributed by atoms with Crippen molar-refractivity contribution >= 4 is 28.3 Å². The van der Waals surface area contributed by atoms with Gasteiger partial charge in [-0.15, -0.1) is 10.2 Å². The summed E-state index contributed by atoms with van der Waals surface area (Å²) in [6.07, 6.45) is 1.54. The maximum Gasteiger partial charge on any atom is 0.263 e. The number of halogens is 1. The molecule has 10 heteroatoms. The highest BCUT2D eigenvalue weighted by Crippen LogP contribution is 2.23. The number of amides is 1. The van der Waals surface area contributed by atoms with Crippen LogP contribution in [0.25, 0.3) is 16.7 Å². The van der Waals surface area contributed by atoms with Gasteiger partial charge in [0.2, 0.25) is 11.7 Å². The fourth-order valence-electron chi connectivity index (χ4n) is 6.01. The van der Waals surface area contributed by atoms with E-state index in [9.17, 15) is 14.0 Å². The smallest absolute Gasteiger partial charge is 0.263 e. The molecule has 1 saturated heterocycles. The van der Waals surface area contributed by atoms with Gasteiger partial charge in [0, 0.05) is 51.3 Å². The number of carbonyl (C=O) groups excluding carboxylic acids is 1. The van der Waals surface area contributed by atoms with Gasteiger partial charge in [-0.05, 0) is 73.8 Å². The number of nitrogens with zero attached hydrogens (tertiary/aromatic N) is 6. The molecule has 0 spiro atoms. The number of rotatable bonds is 10. The molecule has 2 aromatic heterocycles. The molecule has 6 rings (SSSR count). The van der Waals surface area contributed by atoms with Crippen molar-refractivity contribution in [1.82, 2.24) is 29.4 Å². The number of carbonyl (C=O) groups is 1. The van der Waals surface area contributed by atoms with Crippen LogP contribution in [0.5, 0.6) is 0 Å². The Balaban J connectivity index is 1.04. The number of hydrogen-bond acceptors (Lipinski definition) is 6. The van der Waals surface area contributed by atoms with Crippen LogP contribution >= 0.6 is 0 Å². The summed E-state index contributed by atoms with van der Waals surface area (Å²) in [5, 5.41) is 12.3. The van der Waals surface area contributed by atoms with E-state index in [2.05, 4.69) is 57.4 Å². The fraction of sp³-hybridized carbons (Fsp3) is 0.353. The van der Waals surface area contributed by atoms with Gasteiger partial charge in [-0.1, -0.05) is 36.4 Å². The summed E-state index contributed by atoms with van der Waals surface area (Å²) in [6.45, 7) is 10.2. The quantitative estimate of drug-likeness (QED) is 0.245. The molecule has 1 aliphatic heterocycles. The first kappa shape index (κ1) is 29.5. The van der Waals surface area contributed by atoms with Crippen LogP contribution in [0.2, 0.25) is 0 Å². The Kier molecular flexibility index (Phi) is 8.70. The lowest BCUT2D eigenvalue weighted by molar-refractivity contribution is -0.121. The molecule has 1 amide bonds. The number of anilines is 1. The number of piperazine rings is 1. The van der Waals surface area contributed by atoms with Crippen molar-refractivity contribution in [3.8, 4) is 0 Å². The van der Waals surface area contributed by atoms with Crippen LogP contribution in [0.1, 0.15) is 35.4 Å². The number of para-hydroxylation sites is 1. The highest BCUT2D eigenvalue weighted by Gasteiger charge is 2.19. The van der Waals surface area contributed by atoms with Crippen LogP contribution in [0.4, 0.5) is 10.1 Å². The summed E-state index contributed by atoms with van der Waals surface area (Å²) in [5.41, 5.74) is 5.22. The zero-order valence-electron chi connectivity index (χ0n) is 25.3. The third kappa shape index (κ3) is 6.35. The van der Waals surface area contributed by atoms with Crippen LogP contribution in [-0.4, -0.2) is 69.2 Å². The first-order chi connectivity index (χ1) is 21.4. The molecule has 0 bridgehead atoms. The number of benzene rings is 3. The molecule has 0 aliphatic carbocycles. The molecule has 5 aromatic rings. The van der Waals surface area contributed by atoms with E-state index in [-0.39, 0.29) is 30.2 Å². The van der Waals surface area contributed by atoms with Gasteiger partial charge in [-0.3, -0.25) is 23.5 Å². The molecule has 3 heterocycles. The second kappa shape index (κ2) is 13.0. The number of aryl methyl sites for hydroxylation is 3. The van der Waals surface area contributed by atoms with Crippen LogP contribution in [0.15, 0.2) is 71.5 Å². The summed E-state index contributed by atoms with van der Waals surface area (Å²) in [4.78, 5) is 31.1. The average Bonchev–Trinajstić information content (AvgIpc) is 3.47. The van der Waals surface area contributed by atoms with Gasteiger partial charge in [0.05, 0.1) is 17.4 Å². The Labute approximate surface area is 255 Å². The molecule has 1 fully saturated rings. The third-order valence-corrected chi connectivity index (χ3v) is 8.46. The fourth-order valence-corrected chi connectivity index (χ4v) is 6.01. The summed E-state index contributed by atoms with van der Waals surface area (Å²) in [7, 11) is 0. The topological polar surface area (TPSA) is 87.8 Å². The second-order valence-corrected chi connectivity index (χ2v) is 11.6. The molecular weight excluding hydrogens is 557 g/mol. The minimum atomic E-state index is -0.334.